The summed E-state index contributed by atoms with van der Waals surface area (Å²) in [5.74, 6) is 0. The highest BCUT2D eigenvalue weighted by molar-refractivity contribution is 5.19. The fourth-order valence-corrected chi connectivity index (χ4v) is 2.77. The molecule has 0 aromatic rings. The van der Waals surface area contributed by atoms with E-state index < -0.39 is 0 Å². The molecule has 0 saturated carbocycles. The molecule has 3 heteroatoms. The topological polar surface area (TPSA) is 36.0 Å². The van der Waals surface area contributed by atoms with Gasteiger partial charge in [-0.2, -0.15) is 0 Å². The lowest BCUT2D eigenvalue weighted by Gasteiger charge is -2.21. The van der Waals surface area contributed by atoms with E-state index in [1.165, 1.54) is 19.4 Å². The minimum Gasteiger partial charge on any atom is -0.393 e. The summed E-state index contributed by atoms with van der Waals surface area (Å²) >= 11 is 0. The Morgan fingerprint density at radius 3 is 3.36 bits per heavy atom. The maximum absolute atomic E-state index is 9.16. The summed E-state index contributed by atoms with van der Waals surface area (Å²) in [6.45, 7) is 2.50. The van der Waals surface area contributed by atoms with E-state index >= 15 is 0 Å². The summed E-state index contributed by atoms with van der Waals surface area (Å²) < 4.78 is 5.51. The standard InChI is InChI=1S/C8H13NO2/c10-5-8-6-2-1-3-9(6)4-7(8)11-8/h6-7,10H,1-5H2/t6-,7+,8-/m1/s1. The summed E-state index contributed by atoms with van der Waals surface area (Å²) in [4.78, 5) is 2.46. The molecule has 0 bridgehead atoms. The van der Waals surface area contributed by atoms with Gasteiger partial charge in [-0.1, -0.05) is 0 Å². The van der Waals surface area contributed by atoms with Crippen LogP contribution in [0.15, 0.2) is 0 Å². The molecule has 3 atom stereocenters. The van der Waals surface area contributed by atoms with Gasteiger partial charge in [0.1, 0.15) is 11.7 Å². The predicted molar refractivity (Wildman–Crippen MR) is 39.3 cm³/mol. The fraction of sp³-hybridized carbons (Fsp3) is 1.00. The van der Waals surface area contributed by atoms with Crippen LogP contribution in [0.1, 0.15) is 12.8 Å². The molecule has 3 rings (SSSR count). The summed E-state index contributed by atoms with van der Waals surface area (Å²) in [5, 5.41) is 9.16. The van der Waals surface area contributed by atoms with Gasteiger partial charge in [-0.05, 0) is 19.4 Å². The van der Waals surface area contributed by atoms with Gasteiger partial charge in [-0.25, -0.2) is 0 Å². The van der Waals surface area contributed by atoms with Crippen molar-refractivity contribution in [3.63, 3.8) is 0 Å². The van der Waals surface area contributed by atoms with Gasteiger partial charge in [0.05, 0.1) is 6.61 Å². The zero-order chi connectivity index (χ0) is 7.47. The minimum absolute atomic E-state index is 0.115. The zero-order valence-electron chi connectivity index (χ0n) is 6.49. The Labute approximate surface area is 65.9 Å². The third-order valence-electron chi connectivity index (χ3n) is 3.42. The molecule has 3 heterocycles. The first-order chi connectivity index (χ1) is 5.37. The summed E-state index contributed by atoms with van der Waals surface area (Å²) in [7, 11) is 0. The van der Waals surface area contributed by atoms with Crippen molar-refractivity contribution in [1.82, 2.24) is 4.90 Å². The number of nitrogens with zero attached hydrogens (tertiary/aromatic N) is 1. The molecule has 62 valence electrons. The zero-order valence-corrected chi connectivity index (χ0v) is 6.49. The van der Waals surface area contributed by atoms with Crippen molar-refractivity contribution in [1.29, 1.82) is 0 Å². The molecule has 11 heavy (non-hydrogen) atoms. The first-order valence-corrected chi connectivity index (χ1v) is 4.39. The van der Waals surface area contributed by atoms with Crippen molar-refractivity contribution in [2.45, 2.75) is 30.6 Å². The lowest BCUT2D eigenvalue weighted by molar-refractivity contribution is 0.0839. The second kappa shape index (κ2) is 1.79. The van der Waals surface area contributed by atoms with Crippen LogP contribution >= 0.6 is 0 Å². The van der Waals surface area contributed by atoms with Crippen molar-refractivity contribution in [3.8, 4) is 0 Å². The molecule has 0 aliphatic carbocycles. The fourth-order valence-electron chi connectivity index (χ4n) is 2.77. The number of aliphatic hydroxyl groups excluding tert-OH is 1. The Bertz CT molecular complexity index is 193. The first-order valence-electron chi connectivity index (χ1n) is 4.39. The van der Waals surface area contributed by atoms with Crippen LogP contribution in [0.25, 0.3) is 0 Å². The number of morpholine rings is 1. The molecule has 0 aromatic heterocycles. The van der Waals surface area contributed by atoms with Crippen LogP contribution in [0.5, 0.6) is 0 Å². The highest BCUT2D eigenvalue weighted by Crippen LogP contribution is 2.51. The first kappa shape index (κ1) is 6.40. The molecule has 0 spiro atoms. The molecule has 3 saturated heterocycles. The minimum atomic E-state index is -0.115. The van der Waals surface area contributed by atoms with E-state index in [4.69, 9.17) is 9.84 Å². The van der Waals surface area contributed by atoms with Gasteiger partial charge in [0.15, 0.2) is 0 Å². The monoisotopic (exact) mass is 155 g/mol. The van der Waals surface area contributed by atoms with Gasteiger partial charge in [0.2, 0.25) is 0 Å². The van der Waals surface area contributed by atoms with Crippen LogP contribution in [0.3, 0.4) is 0 Å². The van der Waals surface area contributed by atoms with Crippen molar-refractivity contribution in [3.05, 3.63) is 0 Å². The van der Waals surface area contributed by atoms with Crippen LogP contribution in [-0.2, 0) is 4.74 Å². The van der Waals surface area contributed by atoms with Gasteiger partial charge in [0.25, 0.3) is 0 Å². The average Bonchev–Trinajstić information content (AvgIpc) is 2.44. The van der Waals surface area contributed by atoms with Gasteiger partial charge >= 0.3 is 0 Å². The molecule has 0 amide bonds. The van der Waals surface area contributed by atoms with E-state index in [-0.39, 0.29) is 12.2 Å². The highest BCUT2D eigenvalue weighted by atomic mass is 16.6. The van der Waals surface area contributed by atoms with E-state index in [9.17, 15) is 0 Å². The van der Waals surface area contributed by atoms with E-state index in [1.807, 2.05) is 0 Å². The van der Waals surface area contributed by atoms with Crippen molar-refractivity contribution in [2.75, 3.05) is 19.7 Å². The Hall–Kier alpha value is -0.120. The van der Waals surface area contributed by atoms with E-state index in [1.54, 1.807) is 0 Å². The summed E-state index contributed by atoms with van der Waals surface area (Å²) in [6, 6.07) is 0.539. The molecule has 0 radical (unpaired) electrons. The molecule has 3 aliphatic rings. The Morgan fingerprint density at radius 1 is 1.64 bits per heavy atom. The maximum atomic E-state index is 9.16. The SMILES string of the molecule is OC[C@]12O[C@H]1CN1CCC[C@@H]12. The highest BCUT2D eigenvalue weighted by Gasteiger charge is 2.68. The second-order valence-electron chi connectivity index (χ2n) is 3.87. The van der Waals surface area contributed by atoms with E-state index in [0.29, 0.717) is 12.1 Å². The molecule has 1 N–H and O–H groups in total. The van der Waals surface area contributed by atoms with Gasteiger partial charge in [0, 0.05) is 12.6 Å². The number of epoxide rings is 1. The predicted octanol–water partition coefficient (Wildman–Crippen LogP) is -0.406. The van der Waals surface area contributed by atoms with Crippen molar-refractivity contribution >= 4 is 0 Å². The number of hydrogen-bond donors (Lipinski definition) is 1. The number of aliphatic hydroxyl groups is 1. The van der Waals surface area contributed by atoms with Gasteiger partial charge in [-0.15, -0.1) is 0 Å². The normalized spacial score (nSPS) is 54.3. The molecule has 3 fully saturated rings. The molecular weight excluding hydrogens is 142 g/mol. The third kappa shape index (κ3) is 0.604. The Balaban J connectivity index is 1.89. The van der Waals surface area contributed by atoms with Gasteiger partial charge < -0.3 is 9.84 Å². The molecule has 3 nitrogen and oxygen atoms in total. The van der Waals surface area contributed by atoms with Crippen LogP contribution in [-0.4, -0.2) is 47.4 Å². The van der Waals surface area contributed by atoms with Crippen molar-refractivity contribution in [2.24, 2.45) is 0 Å². The quantitative estimate of drug-likeness (QED) is 0.523. The number of fused-ring (bicyclic) bond motifs is 3. The molecule has 0 aromatic carbocycles. The molecular formula is C8H13NO2. The number of rotatable bonds is 1. The Morgan fingerprint density at radius 2 is 2.55 bits per heavy atom. The molecule has 3 aliphatic heterocycles. The lowest BCUT2D eigenvalue weighted by Crippen LogP contribution is -2.37. The second-order valence-corrected chi connectivity index (χ2v) is 3.87. The van der Waals surface area contributed by atoms with Crippen LogP contribution < -0.4 is 0 Å². The third-order valence-corrected chi connectivity index (χ3v) is 3.42. The number of ether oxygens (including phenoxy) is 1. The van der Waals surface area contributed by atoms with Crippen LogP contribution in [0, 0.1) is 0 Å². The smallest absolute Gasteiger partial charge is 0.134 e. The molecule has 0 unspecified atom stereocenters. The largest absolute Gasteiger partial charge is 0.393 e. The van der Waals surface area contributed by atoms with E-state index in [2.05, 4.69) is 4.90 Å². The summed E-state index contributed by atoms with van der Waals surface area (Å²) in [5.41, 5.74) is -0.115. The van der Waals surface area contributed by atoms with Gasteiger partial charge in [-0.3, -0.25) is 4.90 Å². The number of hydrogen-bond acceptors (Lipinski definition) is 3. The average molecular weight is 155 g/mol. The lowest BCUT2D eigenvalue weighted by atomic mass is 9.99. The van der Waals surface area contributed by atoms with Crippen LogP contribution in [0.2, 0.25) is 0 Å². The maximum Gasteiger partial charge on any atom is 0.134 e. The van der Waals surface area contributed by atoms with Crippen molar-refractivity contribution < 1.29 is 9.84 Å². The summed E-state index contributed by atoms with van der Waals surface area (Å²) in [6.07, 6.45) is 2.86. The van der Waals surface area contributed by atoms with E-state index in [0.717, 1.165) is 6.54 Å². The Kier molecular flexibility index (Phi) is 1.04. The van der Waals surface area contributed by atoms with Crippen LogP contribution in [0.4, 0.5) is 0 Å².